The Labute approximate surface area is 188 Å². The Bertz CT molecular complexity index is 1230. The molecule has 2 heterocycles. The Morgan fingerprint density at radius 3 is 2.69 bits per heavy atom. The maximum Gasteiger partial charge on any atom is 0.246 e. The minimum atomic E-state index is -0.840. The second kappa shape index (κ2) is 8.35. The molecule has 1 amide bonds. The number of nitrogens with zero attached hydrogens (tertiary/aromatic N) is 4. The van der Waals surface area contributed by atoms with Gasteiger partial charge in [0.2, 0.25) is 5.91 Å². The Hall–Kier alpha value is -3.26. The quantitative estimate of drug-likeness (QED) is 0.587. The highest BCUT2D eigenvalue weighted by Crippen LogP contribution is 2.42. The second-order valence-corrected chi connectivity index (χ2v) is 8.11. The number of aromatic hydroxyl groups is 1. The monoisotopic (exact) mass is 458 g/mol. The van der Waals surface area contributed by atoms with Gasteiger partial charge in [0.05, 0.1) is 10.6 Å². The van der Waals surface area contributed by atoms with Gasteiger partial charge in [-0.05, 0) is 38.1 Å². The van der Waals surface area contributed by atoms with Crippen molar-refractivity contribution in [1.82, 2.24) is 14.9 Å². The zero-order valence-electron chi connectivity index (χ0n) is 17.6. The van der Waals surface area contributed by atoms with Gasteiger partial charge in [0.15, 0.2) is 5.82 Å². The predicted octanol–water partition coefficient (Wildman–Crippen LogP) is 4.47. The molecule has 1 N–H and O–H groups in total. The summed E-state index contributed by atoms with van der Waals surface area (Å²) in [7, 11) is 0. The van der Waals surface area contributed by atoms with Crippen LogP contribution in [-0.4, -0.2) is 51.6 Å². The fourth-order valence-corrected chi connectivity index (χ4v) is 4.39. The number of carbonyl (C=O) groups is 1. The highest BCUT2D eigenvalue weighted by Gasteiger charge is 2.30. The minimum absolute atomic E-state index is 0.0219. The average Bonchev–Trinajstić information content (AvgIpc) is 2.75. The molecule has 2 aromatic carbocycles. The fourth-order valence-electron chi connectivity index (χ4n) is 4.10. The van der Waals surface area contributed by atoms with Crippen molar-refractivity contribution < 1.29 is 18.7 Å². The van der Waals surface area contributed by atoms with Crippen molar-refractivity contribution in [3.63, 3.8) is 0 Å². The summed E-state index contributed by atoms with van der Waals surface area (Å²) in [5, 5.41) is 10.5. The lowest BCUT2D eigenvalue weighted by Gasteiger charge is -2.40. The normalized spacial score (nSPS) is 16.5. The molecule has 1 fully saturated rings. The van der Waals surface area contributed by atoms with Gasteiger partial charge < -0.3 is 14.9 Å². The van der Waals surface area contributed by atoms with Crippen LogP contribution in [-0.2, 0) is 4.79 Å². The van der Waals surface area contributed by atoms with E-state index in [1.54, 1.807) is 11.8 Å². The lowest BCUT2D eigenvalue weighted by molar-refractivity contribution is -0.126. The summed E-state index contributed by atoms with van der Waals surface area (Å²) in [5.41, 5.74) is -0.598. The van der Waals surface area contributed by atoms with Crippen LogP contribution in [0.4, 0.5) is 14.6 Å². The van der Waals surface area contributed by atoms with Gasteiger partial charge in [-0.3, -0.25) is 4.79 Å². The molecule has 166 valence electrons. The second-order valence-electron chi connectivity index (χ2n) is 7.70. The lowest BCUT2D eigenvalue weighted by atomic mass is 10.0. The van der Waals surface area contributed by atoms with Crippen molar-refractivity contribution in [2.24, 2.45) is 0 Å². The summed E-state index contributed by atoms with van der Waals surface area (Å²) in [6.45, 7) is 8.49. The molecule has 6 nitrogen and oxygen atoms in total. The van der Waals surface area contributed by atoms with Crippen molar-refractivity contribution in [2.75, 3.05) is 24.5 Å². The number of aromatic nitrogens is 2. The SMILES string of the molecule is C=CC(=O)N1CCN(c2nc(C)nc3c(F)c(-c4c(O)cccc4F)c(Cl)cc23)[C@@H](C)C1. The van der Waals surface area contributed by atoms with E-state index >= 15 is 4.39 Å². The number of carbonyl (C=O) groups excluding carboxylic acids is 1. The van der Waals surface area contributed by atoms with Crippen LogP contribution in [0, 0.1) is 18.6 Å². The van der Waals surface area contributed by atoms with E-state index in [2.05, 4.69) is 16.5 Å². The van der Waals surface area contributed by atoms with Gasteiger partial charge in [0.1, 0.15) is 28.7 Å². The van der Waals surface area contributed by atoms with Gasteiger partial charge in [-0.25, -0.2) is 18.7 Å². The van der Waals surface area contributed by atoms with E-state index in [1.165, 1.54) is 24.3 Å². The first-order valence-electron chi connectivity index (χ1n) is 10.0. The average molecular weight is 459 g/mol. The standard InChI is InChI=1S/C23H21ClF2N4O2/c1-4-18(32)29-8-9-30(12(2)11-29)23-14-10-15(24)19(20-16(25)6-5-7-17(20)31)21(26)22(14)27-13(3)28-23/h4-7,10,12,31H,1,8-9,11H2,2-3H3/t12-/m0/s1. The summed E-state index contributed by atoms with van der Waals surface area (Å²) in [4.78, 5) is 24.4. The number of hydrogen-bond donors (Lipinski definition) is 1. The van der Waals surface area contributed by atoms with E-state index in [4.69, 9.17) is 11.6 Å². The number of fused-ring (bicyclic) bond motifs is 1. The molecule has 1 aromatic heterocycles. The van der Waals surface area contributed by atoms with Gasteiger partial charge in [0, 0.05) is 36.6 Å². The number of phenolic OH excluding ortho intramolecular Hbond substituents is 1. The molecule has 1 saturated heterocycles. The van der Waals surface area contributed by atoms with E-state index < -0.39 is 17.4 Å². The number of phenols is 1. The lowest BCUT2D eigenvalue weighted by Crippen LogP contribution is -2.53. The topological polar surface area (TPSA) is 69.6 Å². The van der Waals surface area contributed by atoms with Gasteiger partial charge in [-0.2, -0.15) is 0 Å². The highest BCUT2D eigenvalue weighted by atomic mass is 35.5. The summed E-state index contributed by atoms with van der Waals surface area (Å²) in [5.74, 6) is -1.40. The van der Waals surface area contributed by atoms with Gasteiger partial charge >= 0.3 is 0 Å². The maximum absolute atomic E-state index is 15.7. The minimum Gasteiger partial charge on any atom is -0.507 e. The smallest absolute Gasteiger partial charge is 0.246 e. The summed E-state index contributed by atoms with van der Waals surface area (Å²) >= 11 is 6.40. The molecule has 3 aromatic rings. The largest absolute Gasteiger partial charge is 0.507 e. The van der Waals surface area contributed by atoms with Crippen molar-refractivity contribution >= 4 is 34.2 Å². The number of amides is 1. The number of hydrogen-bond acceptors (Lipinski definition) is 5. The van der Waals surface area contributed by atoms with Crippen molar-refractivity contribution in [3.8, 4) is 16.9 Å². The van der Waals surface area contributed by atoms with Crippen LogP contribution >= 0.6 is 11.6 Å². The third-order valence-electron chi connectivity index (χ3n) is 5.60. The summed E-state index contributed by atoms with van der Waals surface area (Å²) in [6.07, 6.45) is 1.28. The van der Waals surface area contributed by atoms with Crippen LogP contribution in [0.15, 0.2) is 36.9 Å². The molecule has 0 unspecified atom stereocenters. The van der Waals surface area contributed by atoms with Crippen LogP contribution in [0.3, 0.4) is 0 Å². The molecule has 0 spiro atoms. The van der Waals surface area contributed by atoms with E-state index in [0.717, 1.165) is 6.07 Å². The van der Waals surface area contributed by atoms with Crippen LogP contribution in [0.5, 0.6) is 5.75 Å². The Kier molecular flexibility index (Phi) is 5.73. The van der Waals surface area contributed by atoms with E-state index in [9.17, 15) is 14.3 Å². The third kappa shape index (κ3) is 3.64. The number of rotatable bonds is 3. The molecule has 32 heavy (non-hydrogen) atoms. The molecule has 0 saturated carbocycles. The number of aryl methyl sites for hydroxylation is 1. The molecule has 0 radical (unpaired) electrons. The summed E-state index contributed by atoms with van der Waals surface area (Å²) in [6, 6.07) is 5.09. The molecule has 1 aliphatic heterocycles. The van der Waals surface area contributed by atoms with Crippen LogP contribution < -0.4 is 4.90 Å². The number of benzene rings is 2. The fraction of sp³-hybridized carbons (Fsp3) is 0.261. The van der Waals surface area contributed by atoms with E-state index in [1.807, 2.05) is 11.8 Å². The molecule has 1 atom stereocenters. The van der Waals surface area contributed by atoms with E-state index in [0.29, 0.717) is 36.7 Å². The van der Waals surface area contributed by atoms with Crippen molar-refractivity contribution in [3.05, 3.63) is 59.4 Å². The van der Waals surface area contributed by atoms with Gasteiger partial charge in [-0.15, -0.1) is 0 Å². The molecule has 9 heteroatoms. The zero-order valence-corrected chi connectivity index (χ0v) is 18.3. The maximum atomic E-state index is 15.7. The first kappa shape index (κ1) is 22.0. The zero-order chi connectivity index (χ0) is 23.2. The Balaban J connectivity index is 1.87. The van der Waals surface area contributed by atoms with Gasteiger partial charge in [-0.1, -0.05) is 24.2 Å². The van der Waals surface area contributed by atoms with Crippen molar-refractivity contribution in [1.29, 1.82) is 0 Å². The molecule has 4 rings (SSSR count). The molecular formula is C23H21ClF2N4O2. The van der Waals surface area contributed by atoms with E-state index in [-0.39, 0.29) is 33.6 Å². The third-order valence-corrected chi connectivity index (χ3v) is 5.90. The van der Waals surface area contributed by atoms with Crippen LogP contribution in [0.2, 0.25) is 5.02 Å². The highest BCUT2D eigenvalue weighted by molar-refractivity contribution is 6.34. The molecular weight excluding hydrogens is 438 g/mol. The van der Waals surface area contributed by atoms with Crippen LogP contribution in [0.25, 0.3) is 22.0 Å². The Morgan fingerprint density at radius 2 is 2.03 bits per heavy atom. The van der Waals surface area contributed by atoms with Gasteiger partial charge in [0.25, 0.3) is 0 Å². The number of halogens is 3. The first-order chi connectivity index (χ1) is 15.2. The predicted molar refractivity (Wildman–Crippen MR) is 120 cm³/mol. The summed E-state index contributed by atoms with van der Waals surface area (Å²) < 4.78 is 30.1. The van der Waals surface area contributed by atoms with Crippen molar-refractivity contribution in [2.45, 2.75) is 19.9 Å². The first-order valence-corrected chi connectivity index (χ1v) is 10.4. The van der Waals surface area contributed by atoms with Crippen LogP contribution in [0.1, 0.15) is 12.7 Å². The number of anilines is 1. The molecule has 1 aliphatic rings. The molecule has 0 bridgehead atoms. The number of piperazine rings is 1. The Morgan fingerprint density at radius 1 is 1.28 bits per heavy atom. The molecule has 0 aliphatic carbocycles.